The number of nitrogens with one attached hydrogen (secondary N) is 1. The van der Waals surface area contributed by atoms with E-state index in [0.717, 1.165) is 46.5 Å². The third-order valence-corrected chi connectivity index (χ3v) is 6.20. The molecule has 0 radical (unpaired) electrons. The van der Waals surface area contributed by atoms with Crippen molar-refractivity contribution in [3.05, 3.63) is 64.4 Å². The van der Waals surface area contributed by atoms with Crippen LogP contribution in [0, 0.1) is 20.8 Å². The molecular formula is C25H30N2O4. The van der Waals surface area contributed by atoms with Gasteiger partial charge >= 0.3 is 0 Å². The molecule has 6 heteroatoms. The van der Waals surface area contributed by atoms with Crippen LogP contribution in [0.5, 0.6) is 5.75 Å². The number of nitrogens with zero attached hydrogens (tertiary/aromatic N) is 1. The Morgan fingerprint density at radius 1 is 1.10 bits per heavy atom. The molecule has 1 N–H and O–H groups in total. The summed E-state index contributed by atoms with van der Waals surface area (Å²) in [5.41, 5.74) is 5.11. The Morgan fingerprint density at radius 2 is 1.77 bits per heavy atom. The van der Waals surface area contributed by atoms with Crippen LogP contribution in [-0.2, 0) is 4.74 Å². The molecule has 3 aromatic rings. The first-order valence-corrected chi connectivity index (χ1v) is 10.7. The zero-order valence-electron chi connectivity index (χ0n) is 18.7. The number of hydrogen-bond donors (Lipinski definition) is 1. The van der Waals surface area contributed by atoms with Gasteiger partial charge in [-0.25, -0.2) is 0 Å². The van der Waals surface area contributed by atoms with Gasteiger partial charge < -0.3 is 19.2 Å². The topological polar surface area (TPSA) is 63.9 Å². The standard InChI is InChI=1S/C25H30N2O4/c1-16-13-21-18(3)24(31-23(21)14-17(16)2)25(28)26-15-22(27-9-11-30-12-10-27)19-5-7-20(29-4)8-6-19/h5-8,13-14,22H,9-12,15H2,1-4H3,(H,26,28)/t22-/m0/s1. The highest BCUT2D eigenvalue weighted by atomic mass is 16.5. The van der Waals surface area contributed by atoms with Gasteiger partial charge in [-0.2, -0.15) is 0 Å². The zero-order valence-corrected chi connectivity index (χ0v) is 18.7. The second-order valence-electron chi connectivity index (χ2n) is 8.14. The van der Waals surface area contributed by atoms with Crippen molar-refractivity contribution in [1.29, 1.82) is 0 Å². The minimum atomic E-state index is -0.184. The molecule has 6 nitrogen and oxygen atoms in total. The number of furan rings is 1. The Bertz CT molecular complexity index is 1070. The summed E-state index contributed by atoms with van der Waals surface area (Å²) in [5.74, 6) is 1.02. The summed E-state index contributed by atoms with van der Waals surface area (Å²) >= 11 is 0. The van der Waals surface area contributed by atoms with Crippen molar-refractivity contribution in [2.24, 2.45) is 0 Å². The fraction of sp³-hybridized carbons (Fsp3) is 0.400. The lowest BCUT2D eigenvalue weighted by molar-refractivity contribution is 0.0161. The highest BCUT2D eigenvalue weighted by molar-refractivity contribution is 5.99. The highest BCUT2D eigenvalue weighted by Gasteiger charge is 2.25. The molecule has 0 bridgehead atoms. The van der Waals surface area contributed by atoms with Crippen LogP contribution in [0.3, 0.4) is 0 Å². The third kappa shape index (κ3) is 4.45. The van der Waals surface area contributed by atoms with Crippen LogP contribution < -0.4 is 10.1 Å². The van der Waals surface area contributed by atoms with E-state index < -0.39 is 0 Å². The summed E-state index contributed by atoms with van der Waals surface area (Å²) in [7, 11) is 1.66. The van der Waals surface area contributed by atoms with Gasteiger partial charge in [-0.15, -0.1) is 0 Å². The van der Waals surface area contributed by atoms with Gasteiger partial charge in [-0.3, -0.25) is 9.69 Å². The fourth-order valence-electron chi connectivity index (χ4n) is 4.14. The Hall–Kier alpha value is -2.83. The Labute approximate surface area is 183 Å². The van der Waals surface area contributed by atoms with Crippen LogP contribution in [0.15, 0.2) is 40.8 Å². The summed E-state index contributed by atoms with van der Waals surface area (Å²) in [5, 5.41) is 4.10. The molecule has 31 heavy (non-hydrogen) atoms. The molecule has 2 aromatic carbocycles. The molecule has 1 aliphatic heterocycles. The molecule has 1 aromatic heterocycles. The number of morpholine rings is 1. The van der Waals surface area contributed by atoms with Crippen molar-refractivity contribution in [3.8, 4) is 5.75 Å². The average Bonchev–Trinajstić information content (AvgIpc) is 3.10. The zero-order chi connectivity index (χ0) is 22.0. The maximum absolute atomic E-state index is 13.1. The minimum Gasteiger partial charge on any atom is -0.497 e. The molecule has 164 valence electrons. The van der Waals surface area contributed by atoms with Gasteiger partial charge in [0.1, 0.15) is 11.3 Å². The van der Waals surface area contributed by atoms with Crippen LogP contribution in [0.4, 0.5) is 0 Å². The summed E-state index contributed by atoms with van der Waals surface area (Å²) in [6.45, 7) is 9.60. The molecule has 4 rings (SSSR count). The first-order valence-electron chi connectivity index (χ1n) is 10.7. The summed E-state index contributed by atoms with van der Waals surface area (Å²) < 4.78 is 16.8. The maximum Gasteiger partial charge on any atom is 0.287 e. The van der Waals surface area contributed by atoms with Gasteiger partial charge in [0.2, 0.25) is 0 Å². The lowest BCUT2D eigenvalue weighted by Crippen LogP contribution is -2.43. The molecule has 0 spiro atoms. The first-order chi connectivity index (χ1) is 15.0. The largest absolute Gasteiger partial charge is 0.497 e. The van der Waals surface area contributed by atoms with Crippen LogP contribution in [0.2, 0.25) is 0 Å². The number of benzene rings is 2. The number of carbonyl (C=O) groups excluding carboxylic acids is 1. The molecule has 0 unspecified atom stereocenters. The number of methoxy groups -OCH3 is 1. The third-order valence-electron chi connectivity index (χ3n) is 6.20. The van der Waals surface area contributed by atoms with E-state index in [0.29, 0.717) is 25.5 Å². The fourth-order valence-corrected chi connectivity index (χ4v) is 4.14. The highest BCUT2D eigenvalue weighted by Crippen LogP contribution is 2.28. The monoisotopic (exact) mass is 422 g/mol. The SMILES string of the molecule is COc1ccc([C@H](CNC(=O)c2oc3cc(C)c(C)cc3c2C)N2CCOCC2)cc1. The van der Waals surface area contributed by atoms with Gasteiger partial charge in [0.05, 0.1) is 26.4 Å². The van der Waals surface area contributed by atoms with E-state index >= 15 is 0 Å². The van der Waals surface area contributed by atoms with Gasteiger partial charge in [-0.05, 0) is 61.7 Å². The van der Waals surface area contributed by atoms with Gasteiger partial charge in [0.25, 0.3) is 5.91 Å². The second kappa shape index (κ2) is 9.12. The Balaban J connectivity index is 1.55. The molecule has 0 saturated carbocycles. The van der Waals surface area contributed by atoms with E-state index in [-0.39, 0.29) is 11.9 Å². The lowest BCUT2D eigenvalue weighted by atomic mass is 10.0. The van der Waals surface area contributed by atoms with Crippen molar-refractivity contribution in [3.63, 3.8) is 0 Å². The van der Waals surface area contributed by atoms with Crippen molar-refractivity contribution in [1.82, 2.24) is 10.2 Å². The maximum atomic E-state index is 13.1. The van der Waals surface area contributed by atoms with Crippen molar-refractivity contribution in [2.75, 3.05) is 40.0 Å². The normalized spacial score (nSPS) is 15.7. The van der Waals surface area contributed by atoms with E-state index in [1.807, 2.05) is 32.0 Å². The predicted molar refractivity (Wildman–Crippen MR) is 121 cm³/mol. The number of carbonyl (C=O) groups is 1. The smallest absolute Gasteiger partial charge is 0.287 e. The number of ether oxygens (including phenoxy) is 2. The number of amides is 1. The van der Waals surface area contributed by atoms with E-state index in [1.165, 1.54) is 5.56 Å². The number of rotatable bonds is 6. The molecule has 2 heterocycles. The number of hydrogen-bond acceptors (Lipinski definition) is 5. The molecule has 1 atom stereocenters. The predicted octanol–water partition coefficient (Wildman–Crippen LogP) is 4.17. The molecule has 0 aliphatic carbocycles. The van der Waals surface area contributed by atoms with Gasteiger partial charge in [0.15, 0.2) is 5.76 Å². The van der Waals surface area contributed by atoms with E-state index in [4.69, 9.17) is 13.9 Å². The lowest BCUT2D eigenvalue weighted by Gasteiger charge is -2.35. The first kappa shape index (κ1) is 21.4. The quantitative estimate of drug-likeness (QED) is 0.646. The number of fused-ring (bicyclic) bond motifs is 1. The van der Waals surface area contributed by atoms with Crippen LogP contribution in [0.25, 0.3) is 11.0 Å². The molecular weight excluding hydrogens is 392 g/mol. The van der Waals surface area contributed by atoms with Gasteiger partial charge in [0, 0.05) is 30.6 Å². The van der Waals surface area contributed by atoms with Gasteiger partial charge in [-0.1, -0.05) is 12.1 Å². The van der Waals surface area contributed by atoms with Crippen LogP contribution >= 0.6 is 0 Å². The Morgan fingerprint density at radius 3 is 2.45 bits per heavy atom. The molecule has 1 saturated heterocycles. The van der Waals surface area contributed by atoms with E-state index in [1.54, 1.807) is 7.11 Å². The summed E-state index contributed by atoms with van der Waals surface area (Å²) in [6.07, 6.45) is 0. The van der Waals surface area contributed by atoms with E-state index in [9.17, 15) is 4.79 Å². The molecule has 1 amide bonds. The molecule has 1 fully saturated rings. The second-order valence-corrected chi connectivity index (χ2v) is 8.14. The van der Waals surface area contributed by atoms with E-state index in [2.05, 4.69) is 35.3 Å². The summed E-state index contributed by atoms with van der Waals surface area (Å²) in [6, 6.07) is 12.2. The van der Waals surface area contributed by atoms with Crippen LogP contribution in [-0.4, -0.2) is 50.8 Å². The number of aryl methyl sites for hydroxylation is 3. The van der Waals surface area contributed by atoms with Crippen molar-refractivity contribution < 1.29 is 18.7 Å². The minimum absolute atomic E-state index is 0.0490. The average molecular weight is 423 g/mol. The summed E-state index contributed by atoms with van der Waals surface area (Å²) in [4.78, 5) is 15.4. The molecule has 1 aliphatic rings. The van der Waals surface area contributed by atoms with Crippen molar-refractivity contribution in [2.45, 2.75) is 26.8 Å². The van der Waals surface area contributed by atoms with Crippen molar-refractivity contribution >= 4 is 16.9 Å². The Kier molecular flexibility index (Phi) is 6.30. The van der Waals surface area contributed by atoms with Crippen LogP contribution in [0.1, 0.15) is 38.9 Å².